The molecule has 2 N–H and O–H groups in total. The van der Waals surface area contributed by atoms with Crippen molar-refractivity contribution in [2.45, 2.75) is 43.4 Å². The topological polar surface area (TPSA) is 75.6 Å². The number of carboxylic acids is 1. The van der Waals surface area contributed by atoms with Gasteiger partial charge in [-0.1, -0.05) is 90.5 Å². The van der Waals surface area contributed by atoms with Crippen molar-refractivity contribution in [2.75, 3.05) is 0 Å². The van der Waals surface area contributed by atoms with Crippen LogP contribution in [-0.2, 0) is 28.3 Å². The largest absolute Gasteiger partial charge is 0.480 e. The van der Waals surface area contributed by atoms with Gasteiger partial charge in [0.1, 0.15) is 12.6 Å². The van der Waals surface area contributed by atoms with Crippen LogP contribution in [-0.4, -0.2) is 28.5 Å². The van der Waals surface area contributed by atoms with Gasteiger partial charge in [-0.3, -0.25) is 0 Å². The summed E-state index contributed by atoms with van der Waals surface area (Å²) in [5.74, 6) is -0.411. The number of amides is 1. The number of carbonyl (C=O) groups excluding carboxylic acids is 1. The van der Waals surface area contributed by atoms with Crippen molar-refractivity contribution in [1.82, 2.24) is 5.32 Å². The van der Waals surface area contributed by atoms with Crippen LogP contribution in [0.15, 0.2) is 84.9 Å². The Morgan fingerprint density at radius 1 is 0.879 bits per heavy atom. The van der Waals surface area contributed by atoms with Crippen LogP contribution in [0.2, 0.25) is 0 Å². The molecular weight excluding hydrogens is 434 g/mol. The van der Waals surface area contributed by atoms with Gasteiger partial charge < -0.3 is 15.2 Å². The van der Waals surface area contributed by atoms with Gasteiger partial charge in [0, 0.05) is 11.0 Å². The lowest BCUT2D eigenvalue weighted by Gasteiger charge is -2.24. The first-order valence-electron chi connectivity index (χ1n) is 10.9. The number of rotatable bonds is 11. The Hall–Kier alpha value is -3.25. The van der Waals surface area contributed by atoms with Crippen LogP contribution < -0.4 is 5.32 Å². The fraction of sp³-hybridized carbons (Fsp3) is 0.259. The Morgan fingerprint density at radius 2 is 1.48 bits per heavy atom. The average molecular weight is 464 g/mol. The van der Waals surface area contributed by atoms with Crippen molar-refractivity contribution in [3.05, 3.63) is 107 Å². The molecule has 172 valence electrons. The fourth-order valence-corrected chi connectivity index (χ4v) is 4.65. The second kappa shape index (κ2) is 12.7. The van der Waals surface area contributed by atoms with E-state index in [1.54, 1.807) is 11.8 Å². The van der Waals surface area contributed by atoms with Crippen LogP contribution in [0.3, 0.4) is 0 Å². The lowest BCUT2D eigenvalue weighted by molar-refractivity contribution is -0.139. The number of alkyl carbamates (subject to hydrolysis) is 1. The number of nitrogens with one attached hydrogen (secondary N) is 1. The average Bonchev–Trinajstić information content (AvgIpc) is 2.84. The van der Waals surface area contributed by atoms with E-state index in [1.807, 2.05) is 91.9 Å². The van der Waals surface area contributed by atoms with Gasteiger partial charge in [0.05, 0.1) is 0 Å². The molecule has 1 amide bonds. The molecule has 0 aliphatic rings. The lowest BCUT2D eigenvalue weighted by Crippen LogP contribution is -2.48. The number of ether oxygens (including phenoxy) is 1. The Bertz CT molecular complexity index is 1010. The van der Waals surface area contributed by atoms with Crippen molar-refractivity contribution >= 4 is 23.8 Å². The van der Waals surface area contributed by atoms with Crippen LogP contribution in [0.5, 0.6) is 0 Å². The summed E-state index contributed by atoms with van der Waals surface area (Å²) in [5.41, 5.74) is 4.27. The van der Waals surface area contributed by atoms with Crippen LogP contribution in [0.4, 0.5) is 4.79 Å². The van der Waals surface area contributed by atoms with Gasteiger partial charge in [0.2, 0.25) is 0 Å². The van der Waals surface area contributed by atoms with Gasteiger partial charge in [-0.2, -0.15) is 11.8 Å². The Labute approximate surface area is 199 Å². The number of aliphatic carboxylic acids is 1. The molecule has 2 atom stereocenters. The van der Waals surface area contributed by atoms with Crippen molar-refractivity contribution < 1.29 is 19.4 Å². The standard InChI is InChI=1S/C27H29NO4S/c1-20-12-14-23(15-13-20)19-33-24(17-16-21-8-4-2-5-9-21)25(26(29)30)28-27(31)32-18-22-10-6-3-7-11-22/h2-15,24-25H,16-19H2,1H3,(H,28,31)(H,29,30)/t24-,25+/m0/s1. The highest BCUT2D eigenvalue weighted by atomic mass is 32.2. The maximum atomic E-state index is 12.4. The van der Waals surface area contributed by atoms with Crippen LogP contribution >= 0.6 is 11.8 Å². The van der Waals surface area contributed by atoms with E-state index in [0.717, 1.165) is 23.1 Å². The van der Waals surface area contributed by atoms with Crippen molar-refractivity contribution in [3.63, 3.8) is 0 Å². The van der Waals surface area contributed by atoms with Crippen molar-refractivity contribution in [1.29, 1.82) is 0 Å². The maximum Gasteiger partial charge on any atom is 0.408 e. The fourth-order valence-electron chi connectivity index (χ4n) is 3.39. The molecule has 0 radical (unpaired) electrons. The van der Waals surface area contributed by atoms with E-state index in [4.69, 9.17) is 4.74 Å². The zero-order valence-corrected chi connectivity index (χ0v) is 19.5. The summed E-state index contributed by atoms with van der Waals surface area (Å²) in [7, 11) is 0. The number of benzene rings is 3. The summed E-state index contributed by atoms with van der Waals surface area (Å²) in [6.07, 6.45) is 0.597. The second-order valence-corrected chi connectivity index (χ2v) is 9.11. The monoisotopic (exact) mass is 463 g/mol. The number of aryl methyl sites for hydroxylation is 2. The minimum atomic E-state index is -1.07. The lowest BCUT2D eigenvalue weighted by atomic mass is 10.0. The van der Waals surface area contributed by atoms with Gasteiger partial charge in [-0.15, -0.1) is 0 Å². The number of hydrogen-bond donors (Lipinski definition) is 2. The van der Waals surface area contributed by atoms with E-state index in [0.29, 0.717) is 12.2 Å². The number of carboxylic acid groups (broad SMARTS) is 1. The van der Waals surface area contributed by atoms with Crippen LogP contribution in [0.25, 0.3) is 0 Å². The number of carbonyl (C=O) groups is 2. The maximum absolute atomic E-state index is 12.4. The minimum Gasteiger partial charge on any atom is -0.480 e. The van der Waals surface area contributed by atoms with E-state index in [1.165, 1.54) is 5.56 Å². The molecule has 0 saturated carbocycles. The van der Waals surface area contributed by atoms with Gasteiger partial charge in [0.15, 0.2) is 0 Å². The highest BCUT2D eigenvalue weighted by molar-refractivity contribution is 7.99. The molecule has 0 heterocycles. The first kappa shape index (κ1) is 24.4. The normalized spacial score (nSPS) is 12.5. The van der Waals surface area contributed by atoms with E-state index in [9.17, 15) is 14.7 Å². The molecule has 0 fully saturated rings. The van der Waals surface area contributed by atoms with E-state index < -0.39 is 18.1 Å². The molecule has 0 aromatic heterocycles. The predicted molar refractivity (Wildman–Crippen MR) is 132 cm³/mol. The molecule has 3 rings (SSSR count). The van der Waals surface area contributed by atoms with Crippen LogP contribution in [0.1, 0.15) is 28.7 Å². The van der Waals surface area contributed by atoms with E-state index in [2.05, 4.69) is 5.32 Å². The minimum absolute atomic E-state index is 0.0875. The summed E-state index contributed by atoms with van der Waals surface area (Å²) < 4.78 is 5.27. The molecule has 5 nitrogen and oxygen atoms in total. The smallest absolute Gasteiger partial charge is 0.408 e. The number of hydrogen-bond acceptors (Lipinski definition) is 4. The zero-order chi connectivity index (χ0) is 23.5. The molecule has 0 aliphatic heterocycles. The van der Waals surface area contributed by atoms with E-state index >= 15 is 0 Å². The van der Waals surface area contributed by atoms with Gasteiger partial charge in [-0.25, -0.2) is 9.59 Å². The summed E-state index contributed by atoms with van der Waals surface area (Å²) in [6.45, 7) is 2.12. The third-order valence-corrected chi connectivity index (χ3v) is 6.70. The molecule has 0 bridgehead atoms. The molecule has 3 aromatic carbocycles. The van der Waals surface area contributed by atoms with Gasteiger partial charge in [-0.05, 0) is 36.5 Å². The summed E-state index contributed by atoms with van der Waals surface area (Å²) in [5, 5.41) is 12.2. The molecule has 0 unspecified atom stereocenters. The highest BCUT2D eigenvalue weighted by Gasteiger charge is 2.30. The van der Waals surface area contributed by atoms with Crippen LogP contribution in [0, 0.1) is 6.92 Å². The summed E-state index contributed by atoms with van der Waals surface area (Å²) in [6, 6.07) is 26.4. The molecule has 33 heavy (non-hydrogen) atoms. The summed E-state index contributed by atoms with van der Waals surface area (Å²) >= 11 is 1.54. The highest BCUT2D eigenvalue weighted by Crippen LogP contribution is 2.26. The van der Waals surface area contributed by atoms with Crippen molar-refractivity contribution in [3.8, 4) is 0 Å². The first-order valence-corrected chi connectivity index (χ1v) is 12.0. The molecule has 0 saturated heterocycles. The molecule has 0 aliphatic carbocycles. The third-order valence-electron chi connectivity index (χ3n) is 5.27. The molecule has 6 heteroatoms. The Kier molecular flexibility index (Phi) is 9.39. The Morgan fingerprint density at radius 3 is 2.09 bits per heavy atom. The molecule has 0 spiro atoms. The zero-order valence-electron chi connectivity index (χ0n) is 18.6. The Balaban J connectivity index is 1.66. The SMILES string of the molecule is Cc1ccc(CS[C@@H](CCc2ccccc2)[C@@H](NC(=O)OCc2ccccc2)C(=O)O)cc1. The van der Waals surface area contributed by atoms with Gasteiger partial charge >= 0.3 is 12.1 Å². The third kappa shape index (κ3) is 8.31. The van der Waals surface area contributed by atoms with Crippen molar-refractivity contribution in [2.24, 2.45) is 0 Å². The van der Waals surface area contributed by atoms with E-state index in [-0.39, 0.29) is 11.9 Å². The van der Waals surface area contributed by atoms with Gasteiger partial charge in [0.25, 0.3) is 0 Å². The second-order valence-electron chi connectivity index (χ2n) is 7.88. The number of thioether (sulfide) groups is 1. The molecular formula is C27H29NO4S. The quantitative estimate of drug-likeness (QED) is 0.387. The molecule has 3 aromatic rings. The predicted octanol–water partition coefficient (Wildman–Crippen LogP) is 5.61. The first-order chi connectivity index (χ1) is 16.0. The summed E-state index contributed by atoms with van der Waals surface area (Å²) in [4.78, 5) is 24.6.